The summed E-state index contributed by atoms with van der Waals surface area (Å²) in [7, 11) is 0. The molecule has 0 amide bonds. The van der Waals surface area contributed by atoms with Gasteiger partial charge in [-0.15, -0.1) is 0 Å². The Morgan fingerprint density at radius 3 is 2.59 bits per heavy atom. The van der Waals surface area contributed by atoms with Crippen LogP contribution in [-0.2, 0) is 11.2 Å². The molecule has 29 heavy (non-hydrogen) atoms. The summed E-state index contributed by atoms with van der Waals surface area (Å²) in [5.74, 6) is 0. The lowest BCUT2D eigenvalue weighted by Crippen LogP contribution is -2.29. The number of ether oxygens (including phenoxy) is 1. The number of hydrogen-bond acceptors (Lipinski definition) is 4. The Labute approximate surface area is 166 Å². The van der Waals surface area contributed by atoms with Crippen LogP contribution in [0.1, 0.15) is 30.0 Å². The average molecular weight is 387 g/mol. The average Bonchev–Trinajstić information content (AvgIpc) is 2.77. The van der Waals surface area contributed by atoms with E-state index in [0.717, 1.165) is 40.3 Å². The topological polar surface area (TPSA) is 77.0 Å². The van der Waals surface area contributed by atoms with Crippen LogP contribution in [-0.4, -0.2) is 27.7 Å². The second kappa shape index (κ2) is 7.29. The third kappa shape index (κ3) is 3.25. The van der Waals surface area contributed by atoms with Crippen LogP contribution in [0, 0.1) is 0 Å². The molecule has 6 heteroatoms. The highest BCUT2D eigenvalue weighted by Gasteiger charge is 2.19. The van der Waals surface area contributed by atoms with E-state index in [2.05, 4.69) is 16.0 Å². The van der Waals surface area contributed by atoms with E-state index >= 15 is 0 Å². The molecule has 0 aliphatic carbocycles. The van der Waals surface area contributed by atoms with Gasteiger partial charge in [0.05, 0.1) is 17.2 Å². The van der Waals surface area contributed by atoms with Gasteiger partial charge < -0.3 is 9.72 Å². The Kier molecular flexibility index (Phi) is 4.48. The van der Waals surface area contributed by atoms with Crippen LogP contribution < -0.4 is 11.1 Å². The molecule has 0 bridgehead atoms. The number of aromatic amines is 1. The maximum Gasteiger partial charge on any atom is 0.261 e. The minimum atomic E-state index is -0.124. The number of fused-ring (bicyclic) bond motifs is 3. The molecule has 1 fully saturated rings. The molecular weight excluding hydrogens is 366 g/mol. The quantitative estimate of drug-likeness (QED) is 0.548. The second-order valence-corrected chi connectivity index (χ2v) is 7.52. The lowest BCUT2D eigenvalue weighted by atomic mass is 9.96. The number of H-pyrrole nitrogens is 1. The molecule has 4 aromatic rings. The Morgan fingerprint density at radius 1 is 1.03 bits per heavy atom. The number of pyridine rings is 1. The molecule has 6 nitrogen and oxygen atoms in total. The largest absolute Gasteiger partial charge is 0.381 e. The normalized spacial score (nSPS) is 15.2. The van der Waals surface area contributed by atoms with Crippen molar-refractivity contribution in [2.45, 2.75) is 25.3 Å². The van der Waals surface area contributed by atoms with Crippen molar-refractivity contribution in [1.29, 1.82) is 0 Å². The van der Waals surface area contributed by atoms with Gasteiger partial charge in [-0.05, 0) is 41.8 Å². The minimum absolute atomic E-state index is 0.00429. The Morgan fingerprint density at radius 2 is 1.83 bits per heavy atom. The molecule has 0 radical (unpaired) electrons. The summed E-state index contributed by atoms with van der Waals surface area (Å²) < 4.78 is 7.21. The molecule has 2 aromatic carbocycles. The Bertz CT molecular complexity index is 1300. The number of rotatable bonds is 3. The summed E-state index contributed by atoms with van der Waals surface area (Å²) in [6.45, 7) is 1.34. The fourth-order valence-electron chi connectivity index (χ4n) is 4.19. The van der Waals surface area contributed by atoms with Gasteiger partial charge in [-0.3, -0.25) is 14.2 Å². The van der Waals surface area contributed by atoms with Gasteiger partial charge in [0.1, 0.15) is 0 Å². The van der Waals surface area contributed by atoms with Gasteiger partial charge in [0.25, 0.3) is 5.56 Å². The van der Waals surface area contributed by atoms with E-state index in [9.17, 15) is 9.59 Å². The van der Waals surface area contributed by atoms with Gasteiger partial charge >= 0.3 is 0 Å². The monoisotopic (exact) mass is 387 g/mol. The molecule has 5 rings (SSSR count). The van der Waals surface area contributed by atoms with Crippen LogP contribution in [0.5, 0.6) is 0 Å². The smallest absolute Gasteiger partial charge is 0.261 e. The third-order valence-corrected chi connectivity index (χ3v) is 5.71. The SMILES string of the molecule is O=c1ccc(Cc2cc3c(=O)n(C4CCOCC4)cnc3c3ccccc23)c[nH]1. The van der Waals surface area contributed by atoms with E-state index in [4.69, 9.17) is 4.74 Å². The first-order valence-electron chi connectivity index (χ1n) is 9.87. The first-order chi connectivity index (χ1) is 14.2. The summed E-state index contributed by atoms with van der Waals surface area (Å²) in [5, 5.41) is 2.68. The zero-order valence-corrected chi connectivity index (χ0v) is 15.9. The minimum Gasteiger partial charge on any atom is -0.381 e. The number of hydrogen-bond donors (Lipinski definition) is 1. The van der Waals surface area contributed by atoms with E-state index in [1.807, 2.05) is 30.3 Å². The van der Waals surface area contributed by atoms with Crippen LogP contribution >= 0.6 is 0 Å². The molecule has 0 unspecified atom stereocenters. The van der Waals surface area contributed by atoms with Crippen molar-refractivity contribution >= 4 is 21.7 Å². The molecule has 0 atom stereocenters. The Hall–Kier alpha value is -3.25. The lowest BCUT2D eigenvalue weighted by Gasteiger charge is -2.24. The summed E-state index contributed by atoms with van der Waals surface area (Å²) in [6, 6.07) is 13.5. The van der Waals surface area contributed by atoms with Gasteiger partial charge in [0.15, 0.2) is 0 Å². The molecule has 146 valence electrons. The maximum absolute atomic E-state index is 13.4. The fraction of sp³-hybridized carbons (Fsp3) is 0.261. The summed E-state index contributed by atoms with van der Waals surface area (Å²) in [5.41, 5.74) is 2.64. The zero-order valence-electron chi connectivity index (χ0n) is 15.9. The predicted octanol–water partition coefficient (Wildman–Crippen LogP) is 3.18. The third-order valence-electron chi connectivity index (χ3n) is 5.71. The molecule has 1 aliphatic heterocycles. The molecule has 1 saturated heterocycles. The van der Waals surface area contributed by atoms with E-state index in [0.29, 0.717) is 25.0 Å². The fourth-order valence-corrected chi connectivity index (χ4v) is 4.19. The van der Waals surface area contributed by atoms with E-state index in [-0.39, 0.29) is 17.2 Å². The molecule has 1 N–H and O–H groups in total. The number of nitrogens with one attached hydrogen (secondary N) is 1. The highest BCUT2D eigenvalue weighted by atomic mass is 16.5. The maximum atomic E-state index is 13.4. The van der Waals surface area contributed by atoms with Crippen molar-refractivity contribution in [1.82, 2.24) is 14.5 Å². The van der Waals surface area contributed by atoms with Gasteiger partial charge in [-0.1, -0.05) is 30.3 Å². The summed E-state index contributed by atoms with van der Waals surface area (Å²) in [4.78, 5) is 32.1. The second-order valence-electron chi connectivity index (χ2n) is 7.52. The highest BCUT2D eigenvalue weighted by molar-refractivity contribution is 6.06. The van der Waals surface area contributed by atoms with Crippen LogP contribution in [0.4, 0.5) is 0 Å². The van der Waals surface area contributed by atoms with Crippen LogP contribution in [0.3, 0.4) is 0 Å². The molecule has 0 spiro atoms. The lowest BCUT2D eigenvalue weighted by molar-refractivity contribution is 0.0685. The van der Waals surface area contributed by atoms with Crippen molar-refractivity contribution in [3.05, 3.63) is 86.8 Å². The van der Waals surface area contributed by atoms with Crippen molar-refractivity contribution in [2.75, 3.05) is 13.2 Å². The number of aromatic nitrogens is 3. The standard InChI is InChI=1S/C23H21N3O3/c27-21-6-5-15(13-24-21)11-16-12-20-22(19-4-2-1-3-18(16)19)25-14-26(23(20)28)17-7-9-29-10-8-17/h1-6,12-14,17H,7-11H2,(H,24,27). The molecular formula is C23H21N3O3. The molecule has 3 heterocycles. The van der Waals surface area contributed by atoms with Crippen LogP contribution in [0.25, 0.3) is 21.7 Å². The Balaban J connectivity index is 1.70. The summed E-state index contributed by atoms with van der Waals surface area (Å²) >= 11 is 0. The van der Waals surface area contributed by atoms with Crippen molar-refractivity contribution in [2.24, 2.45) is 0 Å². The highest BCUT2D eigenvalue weighted by Crippen LogP contribution is 2.28. The van der Waals surface area contributed by atoms with Gasteiger partial charge in [-0.2, -0.15) is 0 Å². The number of nitrogens with zero attached hydrogens (tertiary/aromatic N) is 2. The van der Waals surface area contributed by atoms with Crippen molar-refractivity contribution < 1.29 is 4.74 Å². The molecule has 2 aromatic heterocycles. The molecule has 1 aliphatic rings. The predicted molar refractivity (Wildman–Crippen MR) is 112 cm³/mol. The van der Waals surface area contributed by atoms with Gasteiger partial charge in [-0.25, -0.2) is 4.98 Å². The van der Waals surface area contributed by atoms with E-state index < -0.39 is 0 Å². The van der Waals surface area contributed by atoms with Gasteiger partial charge in [0, 0.05) is 36.9 Å². The van der Waals surface area contributed by atoms with E-state index in [1.54, 1.807) is 17.1 Å². The van der Waals surface area contributed by atoms with Gasteiger partial charge in [0.2, 0.25) is 5.56 Å². The zero-order chi connectivity index (χ0) is 19.8. The van der Waals surface area contributed by atoms with Crippen molar-refractivity contribution in [3.8, 4) is 0 Å². The first-order valence-corrected chi connectivity index (χ1v) is 9.87. The summed E-state index contributed by atoms with van der Waals surface area (Å²) in [6.07, 6.45) is 5.69. The number of benzene rings is 2. The van der Waals surface area contributed by atoms with Crippen molar-refractivity contribution in [3.63, 3.8) is 0 Å². The first kappa shape index (κ1) is 17.8. The van der Waals surface area contributed by atoms with Crippen LogP contribution in [0.15, 0.2) is 64.6 Å². The molecule has 0 saturated carbocycles. The van der Waals surface area contributed by atoms with Crippen LogP contribution in [0.2, 0.25) is 0 Å². The van der Waals surface area contributed by atoms with E-state index in [1.165, 1.54) is 6.07 Å².